The summed E-state index contributed by atoms with van der Waals surface area (Å²) >= 11 is 0. The van der Waals surface area contributed by atoms with Crippen LogP contribution in [0.15, 0.2) is 0 Å². The predicted octanol–water partition coefficient (Wildman–Crippen LogP) is 4.19. The summed E-state index contributed by atoms with van der Waals surface area (Å²) in [5.74, 6) is -0.124. The van der Waals surface area contributed by atoms with E-state index >= 15 is 0 Å². The molecule has 0 unspecified atom stereocenters. The summed E-state index contributed by atoms with van der Waals surface area (Å²) in [6.45, 7) is 6.26. The van der Waals surface area contributed by atoms with Crippen molar-refractivity contribution in [2.45, 2.75) is 116 Å². The fraction of sp³-hybridized carbons (Fsp3) is 0.929. The van der Waals surface area contributed by atoms with Crippen molar-refractivity contribution in [2.24, 2.45) is 11.5 Å². The Morgan fingerprint density at radius 3 is 1.14 bits per heavy atom. The first kappa shape index (κ1) is 34.8. The molecule has 0 aliphatic heterocycles. The van der Waals surface area contributed by atoms with Gasteiger partial charge in [0.1, 0.15) is 0 Å². The first-order chi connectivity index (χ1) is 17.7. The Morgan fingerprint density at radius 2 is 0.778 bits per heavy atom. The number of rotatable bonds is 29. The zero-order chi connectivity index (χ0) is 26.4. The van der Waals surface area contributed by atoms with Crippen molar-refractivity contribution in [3.63, 3.8) is 0 Å². The Bertz CT molecular complexity index is 438. The van der Waals surface area contributed by atoms with E-state index in [1.165, 1.54) is 38.5 Å². The largest absolute Gasteiger partial charge is 0.466 e. The fourth-order valence-electron chi connectivity index (χ4n) is 3.90. The molecule has 8 heteroatoms. The van der Waals surface area contributed by atoms with E-state index in [0.717, 1.165) is 103 Å². The molecule has 0 aromatic rings. The molecule has 0 saturated heterocycles. The van der Waals surface area contributed by atoms with E-state index in [-0.39, 0.29) is 11.9 Å². The highest BCUT2D eigenvalue weighted by Crippen LogP contribution is 2.12. The minimum atomic E-state index is -0.0620. The third-order valence-corrected chi connectivity index (χ3v) is 6.15. The molecule has 0 radical (unpaired) electrons. The SMILES string of the molecule is NCCCCNCCCOC(=O)CCCCCCCCCCCCC(=O)OCCCNCCCCN. The molecule has 8 nitrogen and oxygen atoms in total. The van der Waals surface area contributed by atoms with Crippen molar-refractivity contribution in [3.05, 3.63) is 0 Å². The van der Waals surface area contributed by atoms with E-state index in [2.05, 4.69) is 10.6 Å². The van der Waals surface area contributed by atoms with E-state index < -0.39 is 0 Å². The second-order valence-electron chi connectivity index (χ2n) is 9.68. The molecular formula is C28H58N4O4. The van der Waals surface area contributed by atoms with Gasteiger partial charge < -0.3 is 31.6 Å². The van der Waals surface area contributed by atoms with Crippen molar-refractivity contribution in [2.75, 3.05) is 52.5 Å². The molecule has 0 amide bonds. The Hall–Kier alpha value is -1.22. The maximum Gasteiger partial charge on any atom is 0.305 e. The van der Waals surface area contributed by atoms with Gasteiger partial charge in [0, 0.05) is 12.8 Å². The van der Waals surface area contributed by atoms with Crippen molar-refractivity contribution in [1.29, 1.82) is 0 Å². The van der Waals surface area contributed by atoms with Crippen LogP contribution < -0.4 is 22.1 Å². The number of nitrogens with two attached hydrogens (primary N) is 2. The van der Waals surface area contributed by atoms with Gasteiger partial charge in [-0.15, -0.1) is 0 Å². The summed E-state index contributed by atoms with van der Waals surface area (Å²) in [7, 11) is 0. The predicted molar refractivity (Wildman–Crippen MR) is 149 cm³/mol. The van der Waals surface area contributed by atoms with Gasteiger partial charge in [0.25, 0.3) is 0 Å². The molecule has 6 N–H and O–H groups in total. The number of hydrogen-bond donors (Lipinski definition) is 4. The highest BCUT2D eigenvalue weighted by Gasteiger charge is 2.04. The normalized spacial score (nSPS) is 11.1. The lowest BCUT2D eigenvalue weighted by molar-refractivity contribution is -0.144. The monoisotopic (exact) mass is 514 g/mol. The molecule has 0 rings (SSSR count). The number of unbranched alkanes of at least 4 members (excludes halogenated alkanes) is 11. The van der Waals surface area contributed by atoms with Gasteiger partial charge in [0.2, 0.25) is 0 Å². The lowest BCUT2D eigenvalue weighted by atomic mass is 10.1. The molecular weight excluding hydrogens is 456 g/mol. The third-order valence-electron chi connectivity index (χ3n) is 6.15. The molecule has 36 heavy (non-hydrogen) atoms. The van der Waals surface area contributed by atoms with Gasteiger partial charge >= 0.3 is 11.9 Å². The molecule has 0 aliphatic rings. The van der Waals surface area contributed by atoms with E-state index in [4.69, 9.17) is 20.9 Å². The molecule has 0 spiro atoms. The number of carbonyl (C=O) groups is 2. The lowest BCUT2D eigenvalue weighted by Crippen LogP contribution is -2.19. The summed E-state index contributed by atoms with van der Waals surface area (Å²) in [5.41, 5.74) is 10.9. The van der Waals surface area contributed by atoms with Gasteiger partial charge in [-0.25, -0.2) is 0 Å². The smallest absolute Gasteiger partial charge is 0.305 e. The maximum atomic E-state index is 11.7. The second-order valence-corrected chi connectivity index (χ2v) is 9.68. The van der Waals surface area contributed by atoms with Crippen LogP contribution in [0.1, 0.15) is 116 Å². The number of nitrogens with one attached hydrogen (secondary N) is 2. The highest BCUT2D eigenvalue weighted by molar-refractivity contribution is 5.69. The van der Waals surface area contributed by atoms with Crippen LogP contribution in [0.25, 0.3) is 0 Å². The van der Waals surface area contributed by atoms with Crippen LogP contribution in [0.2, 0.25) is 0 Å². The first-order valence-corrected chi connectivity index (χ1v) is 14.8. The number of ether oxygens (including phenoxy) is 2. The minimum absolute atomic E-state index is 0.0620. The van der Waals surface area contributed by atoms with Crippen LogP contribution in [0.3, 0.4) is 0 Å². The first-order valence-electron chi connectivity index (χ1n) is 14.8. The van der Waals surface area contributed by atoms with Gasteiger partial charge in [-0.1, -0.05) is 51.4 Å². The highest BCUT2D eigenvalue weighted by atomic mass is 16.5. The topological polar surface area (TPSA) is 129 Å². The van der Waals surface area contributed by atoms with Crippen LogP contribution in [0.5, 0.6) is 0 Å². The molecule has 0 atom stereocenters. The molecule has 214 valence electrons. The Labute approximate surface area is 221 Å². The molecule has 0 aliphatic carbocycles. The molecule has 0 fully saturated rings. The quantitative estimate of drug-likeness (QED) is 0.0864. The molecule has 0 aromatic carbocycles. The number of esters is 2. The van der Waals surface area contributed by atoms with Crippen LogP contribution >= 0.6 is 0 Å². The van der Waals surface area contributed by atoms with Gasteiger partial charge in [0.05, 0.1) is 13.2 Å². The van der Waals surface area contributed by atoms with Gasteiger partial charge in [-0.3, -0.25) is 9.59 Å². The van der Waals surface area contributed by atoms with Crippen LogP contribution in [-0.2, 0) is 19.1 Å². The van der Waals surface area contributed by atoms with Gasteiger partial charge in [-0.2, -0.15) is 0 Å². The second kappa shape index (κ2) is 30.0. The van der Waals surface area contributed by atoms with Crippen molar-refractivity contribution < 1.29 is 19.1 Å². The van der Waals surface area contributed by atoms with Crippen molar-refractivity contribution in [3.8, 4) is 0 Å². The molecule has 0 aromatic heterocycles. The van der Waals surface area contributed by atoms with E-state index in [0.29, 0.717) is 26.1 Å². The maximum absolute atomic E-state index is 11.7. The molecule has 0 saturated carbocycles. The van der Waals surface area contributed by atoms with E-state index in [1.54, 1.807) is 0 Å². The van der Waals surface area contributed by atoms with Crippen LogP contribution in [-0.4, -0.2) is 64.4 Å². The number of carbonyl (C=O) groups excluding carboxylic acids is 2. The third kappa shape index (κ3) is 29.0. The van der Waals surface area contributed by atoms with Crippen LogP contribution in [0.4, 0.5) is 0 Å². The summed E-state index contributed by atoms with van der Waals surface area (Å²) in [5, 5.41) is 6.67. The average molecular weight is 515 g/mol. The van der Waals surface area contributed by atoms with Crippen molar-refractivity contribution >= 4 is 11.9 Å². The Balaban J connectivity index is 3.22. The summed E-state index contributed by atoms with van der Waals surface area (Å²) in [6, 6.07) is 0. The standard InChI is InChI=1S/C28H58N4O4/c29-19-11-13-21-31-23-15-25-35-27(33)17-9-7-5-3-1-2-4-6-8-10-18-28(34)36-26-16-24-32-22-14-12-20-30/h31-32H,1-26,29-30H2. The van der Waals surface area contributed by atoms with E-state index in [9.17, 15) is 9.59 Å². The zero-order valence-corrected chi connectivity index (χ0v) is 23.2. The zero-order valence-electron chi connectivity index (χ0n) is 23.2. The summed E-state index contributed by atoms with van der Waals surface area (Å²) in [4.78, 5) is 23.5. The minimum Gasteiger partial charge on any atom is -0.466 e. The Morgan fingerprint density at radius 1 is 0.444 bits per heavy atom. The average Bonchev–Trinajstić information content (AvgIpc) is 2.87. The van der Waals surface area contributed by atoms with E-state index in [1.807, 2.05) is 0 Å². The Kier molecular flexibility index (Phi) is 29.0. The summed E-state index contributed by atoms with van der Waals surface area (Å²) < 4.78 is 10.6. The molecule has 0 heterocycles. The lowest BCUT2D eigenvalue weighted by Gasteiger charge is -2.07. The number of hydrogen-bond acceptors (Lipinski definition) is 8. The van der Waals surface area contributed by atoms with Crippen molar-refractivity contribution in [1.82, 2.24) is 10.6 Å². The van der Waals surface area contributed by atoms with Gasteiger partial charge in [-0.05, 0) is 90.6 Å². The van der Waals surface area contributed by atoms with Crippen LogP contribution in [0, 0.1) is 0 Å². The summed E-state index contributed by atoms with van der Waals surface area (Å²) in [6.07, 6.45) is 18.5. The molecule has 0 bridgehead atoms. The fourth-order valence-corrected chi connectivity index (χ4v) is 3.90. The van der Waals surface area contributed by atoms with Gasteiger partial charge in [0.15, 0.2) is 0 Å².